The van der Waals surface area contributed by atoms with Gasteiger partial charge >= 0.3 is 0 Å². The maximum absolute atomic E-state index is 12.0. The normalized spacial score (nSPS) is 20.1. The molecule has 0 radical (unpaired) electrons. The van der Waals surface area contributed by atoms with Crippen LogP contribution in [0.25, 0.3) is 0 Å². The van der Waals surface area contributed by atoms with Crippen LogP contribution in [-0.4, -0.2) is 41.9 Å². The summed E-state index contributed by atoms with van der Waals surface area (Å²) in [5, 5.41) is 6.76. The van der Waals surface area contributed by atoms with Gasteiger partial charge in [0.1, 0.15) is 0 Å². The van der Waals surface area contributed by atoms with E-state index in [1.165, 1.54) is 0 Å². The first-order chi connectivity index (χ1) is 11.5. The van der Waals surface area contributed by atoms with Gasteiger partial charge in [-0.25, -0.2) is 0 Å². The van der Waals surface area contributed by atoms with Gasteiger partial charge in [0.15, 0.2) is 0 Å². The van der Waals surface area contributed by atoms with E-state index >= 15 is 0 Å². The van der Waals surface area contributed by atoms with Gasteiger partial charge in [-0.05, 0) is 37.0 Å². The van der Waals surface area contributed by atoms with Crippen molar-refractivity contribution in [1.29, 1.82) is 0 Å². The minimum atomic E-state index is 0.0302. The van der Waals surface area contributed by atoms with Crippen molar-refractivity contribution in [2.45, 2.75) is 44.2 Å². The SMILES string of the molecule is O=C(CCN1CCC2(CCC(=O)N2)CC1)NCc1cccc(Cl)c1. The van der Waals surface area contributed by atoms with Gasteiger partial charge in [0.2, 0.25) is 11.8 Å². The summed E-state index contributed by atoms with van der Waals surface area (Å²) in [6.07, 6.45) is 4.09. The lowest BCUT2D eigenvalue weighted by atomic mass is 9.86. The first-order valence-corrected chi connectivity index (χ1v) is 8.97. The molecule has 2 fully saturated rings. The Morgan fingerprint density at radius 3 is 2.75 bits per heavy atom. The van der Waals surface area contributed by atoms with Crippen LogP contribution in [0.4, 0.5) is 0 Å². The molecule has 2 aliphatic heterocycles. The maximum atomic E-state index is 12.0. The topological polar surface area (TPSA) is 61.4 Å². The number of nitrogens with one attached hydrogen (secondary N) is 2. The highest BCUT2D eigenvalue weighted by molar-refractivity contribution is 6.30. The van der Waals surface area contributed by atoms with Gasteiger partial charge in [-0.3, -0.25) is 9.59 Å². The molecular formula is C18H24ClN3O2. The maximum Gasteiger partial charge on any atom is 0.221 e. The monoisotopic (exact) mass is 349 g/mol. The first kappa shape index (κ1) is 17.2. The van der Waals surface area contributed by atoms with Crippen molar-refractivity contribution >= 4 is 23.4 Å². The van der Waals surface area contributed by atoms with E-state index in [4.69, 9.17) is 11.6 Å². The van der Waals surface area contributed by atoms with E-state index in [9.17, 15) is 9.59 Å². The van der Waals surface area contributed by atoms with E-state index in [2.05, 4.69) is 15.5 Å². The van der Waals surface area contributed by atoms with Crippen molar-refractivity contribution in [3.8, 4) is 0 Å². The summed E-state index contributed by atoms with van der Waals surface area (Å²) in [5.74, 6) is 0.244. The van der Waals surface area contributed by atoms with Crippen LogP contribution in [0.15, 0.2) is 24.3 Å². The van der Waals surface area contributed by atoms with E-state index in [0.717, 1.165) is 44.5 Å². The number of rotatable bonds is 5. The molecule has 0 saturated carbocycles. The molecule has 1 spiro atoms. The van der Waals surface area contributed by atoms with Gasteiger partial charge in [-0.15, -0.1) is 0 Å². The highest BCUT2D eigenvalue weighted by atomic mass is 35.5. The van der Waals surface area contributed by atoms with E-state index < -0.39 is 0 Å². The summed E-state index contributed by atoms with van der Waals surface area (Å²) in [7, 11) is 0. The highest BCUT2D eigenvalue weighted by Gasteiger charge is 2.39. The van der Waals surface area contributed by atoms with Crippen molar-refractivity contribution in [2.75, 3.05) is 19.6 Å². The fraction of sp³-hybridized carbons (Fsp3) is 0.556. The smallest absolute Gasteiger partial charge is 0.221 e. The lowest BCUT2D eigenvalue weighted by Gasteiger charge is -2.39. The number of carbonyl (C=O) groups is 2. The summed E-state index contributed by atoms with van der Waals surface area (Å²) in [5.41, 5.74) is 1.04. The molecule has 3 rings (SSSR count). The second-order valence-corrected chi connectivity index (χ2v) is 7.26. The Bertz CT molecular complexity index is 612. The zero-order chi connectivity index (χ0) is 17.0. The Labute approximate surface area is 147 Å². The minimum Gasteiger partial charge on any atom is -0.352 e. The van der Waals surface area contributed by atoms with Crippen molar-refractivity contribution < 1.29 is 9.59 Å². The summed E-state index contributed by atoms with van der Waals surface area (Å²) < 4.78 is 0. The molecular weight excluding hydrogens is 326 g/mol. The average molecular weight is 350 g/mol. The highest BCUT2D eigenvalue weighted by Crippen LogP contribution is 2.31. The number of benzene rings is 1. The number of nitrogens with zero attached hydrogens (tertiary/aromatic N) is 1. The Morgan fingerprint density at radius 2 is 2.08 bits per heavy atom. The third-order valence-corrected chi connectivity index (χ3v) is 5.32. The molecule has 2 heterocycles. The van der Waals surface area contributed by atoms with Gasteiger partial charge in [0.05, 0.1) is 0 Å². The zero-order valence-corrected chi connectivity index (χ0v) is 14.6. The number of amides is 2. The van der Waals surface area contributed by atoms with Crippen LogP contribution in [0.1, 0.15) is 37.7 Å². The van der Waals surface area contributed by atoms with Gasteiger partial charge in [-0.2, -0.15) is 0 Å². The third-order valence-electron chi connectivity index (χ3n) is 5.08. The molecule has 1 aromatic rings. The first-order valence-electron chi connectivity index (χ1n) is 8.59. The van der Waals surface area contributed by atoms with Crippen molar-refractivity contribution in [1.82, 2.24) is 15.5 Å². The van der Waals surface area contributed by atoms with Crippen LogP contribution in [0.5, 0.6) is 0 Å². The molecule has 5 nitrogen and oxygen atoms in total. The molecule has 24 heavy (non-hydrogen) atoms. The number of hydrogen-bond acceptors (Lipinski definition) is 3. The van der Waals surface area contributed by atoms with E-state index in [1.807, 2.05) is 24.3 Å². The second-order valence-electron chi connectivity index (χ2n) is 6.83. The lowest BCUT2D eigenvalue weighted by molar-refractivity contribution is -0.121. The zero-order valence-electron chi connectivity index (χ0n) is 13.8. The van der Waals surface area contributed by atoms with Crippen molar-refractivity contribution in [3.05, 3.63) is 34.9 Å². The minimum absolute atomic E-state index is 0.0302. The molecule has 2 aliphatic rings. The molecule has 6 heteroatoms. The number of halogens is 1. The van der Waals surface area contributed by atoms with Crippen molar-refractivity contribution in [2.24, 2.45) is 0 Å². The third kappa shape index (κ3) is 4.48. The molecule has 0 bridgehead atoms. The van der Waals surface area contributed by atoms with E-state index in [1.54, 1.807) is 0 Å². The van der Waals surface area contributed by atoms with Gasteiger partial charge in [-0.1, -0.05) is 23.7 Å². The number of hydrogen-bond donors (Lipinski definition) is 2. The van der Waals surface area contributed by atoms with Gasteiger partial charge < -0.3 is 15.5 Å². The number of carbonyl (C=O) groups excluding carboxylic acids is 2. The predicted molar refractivity (Wildman–Crippen MR) is 93.7 cm³/mol. The average Bonchev–Trinajstić information content (AvgIpc) is 2.93. The number of likely N-dealkylation sites (tertiary alicyclic amines) is 1. The standard InChI is InChI=1S/C18H24ClN3O2/c19-15-3-1-2-14(12-15)13-20-16(23)5-9-22-10-7-18(8-11-22)6-4-17(24)21-18/h1-3,12H,4-11,13H2,(H,20,23)(H,21,24). The molecule has 2 amide bonds. The molecule has 1 aromatic carbocycles. The molecule has 130 valence electrons. The summed E-state index contributed by atoms with van der Waals surface area (Å²) in [6.45, 7) is 3.17. The van der Waals surface area contributed by atoms with Gasteiger partial charge in [0.25, 0.3) is 0 Å². The molecule has 0 atom stereocenters. The predicted octanol–water partition coefficient (Wildman–Crippen LogP) is 2.09. The fourth-order valence-corrected chi connectivity index (χ4v) is 3.76. The molecule has 0 aliphatic carbocycles. The fourth-order valence-electron chi connectivity index (χ4n) is 3.55. The van der Waals surface area contributed by atoms with Crippen LogP contribution in [0, 0.1) is 0 Å². The lowest BCUT2D eigenvalue weighted by Crippen LogP contribution is -2.51. The van der Waals surface area contributed by atoms with E-state index in [-0.39, 0.29) is 17.4 Å². The van der Waals surface area contributed by atoms with Crippen LogP contribution < -0.4 is 10.6 Å². The summed E-state index contributed by atoms with van der Waals surface area (Å²) in [6, 6.07) is 7.52. The molecule has 0 aromatic heterocycles. The molecule has 0 unspecified atom stereocenters. The quantitative estimate of drug-likeness (QED) is 0.855. The Hall–Kier alpha value is -1.59. The summed E-state index contributed by atoms with van der Waals surface area (Å²) >= 11 is 5.94. The van der Waals surface area contributed by atoms with Crippen LogP contribution in [0.2, 0.25) is 5.02 Å². The number of piperidine rings is 1. The van der Waals surface area contributed by atoms with E-state index in [0.29, 0.717) is 24.4 Å². The van der Waals surface area contributed by atoms with Crippen LogP contribution in [0.3, 0.4) is 0 Å². The van der Waals surface area contributed by atoms with Crippen molar-refractivity contribution in [3.63, 3.8) is 0 Å². The van der Waals surface area contributed by atoms with Crippen LogP contribution >= 0.6 is 11.6 Å². The van der Waals surface area contributed by atoms with Crippen LogP contribution in [-0.2, 0) is 16.1 Å². The Morgan fingerprint density at radius 1 is 1.29 bits per heavy atom. The second kappa shape index (κ2) is 7.53. The molecule has 2 N–H and O–H groups in total. The Balaban J connectivity index is 1.36. The summed E-state index contributed by atoms with van der Waals surface area (Å²) in [4.78, 5) is 25.8. The largest absolute Gasteiger partial charge is 0.352 e. The molecule has 2 saturated heterocycles. The van der Waals surface area contributed by atoms with Gasteiger partial charge in [0, 0.05) is 49.6 Å². The Kier molecular flexibility index (Phi) is 5.41.